The van der Waals surface area contributed by atoms with Crippen molar-refractivity contribution >= 4 is 23.1 Å². The van der Waals surface area contributed by atoms with Crippen LogP contribution in [0, 0.1) is 15.9 Å². The number of nitrogens with zero attached hydrogens (tertiary/aromatic N) is 2. The molecule has 2 rings (SSSR count). The van der Waals surface area contributed by atoms with Crippen LogP contribution in [0.25, 0.3) is 0 Å². The largest absolute Gasteiger partial charge is 0.320 e. The van der Waals surface area contributed by atoms with Crippen molar-refractivity contribution in [2.24, 2.45) is 5.84 Å². The summed E-state index contributed by atoms with van der Waals surface area (Å²) < 4.78 is 13.3. The van der Waals surface area contributed by atoms with Crippen LogP contribution in [0.3, 0.4) is 0 Å². The Bertz CT molecular complexity index is 707. The topological polar surface area (TPSA) is 123 Å². The molecule has 1 aromatic carbocycles. The van der Waals surface area contributed by atoms with Crippen molar-refractivity contribution in [1.29, 1.82) is 0 Å². The lowest BCUT2D eigenvalue weighted by atomic mass is 10.2. The SMILES string of the molecule is NNc1cccc(C(=O)Nc2cc(F)cc([N+](=O)[O-])c2)n1. The van der Waals surface area contributed by atoms with E-state index in [1.54, 1.807) is 12.1 Å². The summed E-state index contributed by atoms with van der Waals surface area (Å²) in [5, 5.41) is 13.0. The molecule has 9 heteroatoms. The molecule has 0 aliphatic carbocycles. The lowest BCUT2D eigenvalue weighted by Crippen LogP contribution is -2.16. The van der Waals surface area contributed by atoms with Crippen LogP contribution in [-0.4, -0.2) is 15.8 Å². The Morgan fingerprint density at radius 2 is 2.10 bits per heavy atom. The zero-order valence-corrected chi connectivity index (χ0v) is 10.5. The van der Waals surface area contributed by atoms with Crippen LogP contribution in [-0.2, 0) is 0 Å². The number of carbonyl (C=O) groups excluding carboxylic acids is 1. The monoisotopic (exact) mass is 291 g/mol. The van der Waals surface area contributed by atoms with Crippen LogP contribution >= 0.6 is 0 Å². The van der Waals surface area contributed by atoms with Crippen molar-refractivity contribution in [3.63, 3.8) is 0 Å². The Hall–Kier alpha value is -3.07. The Morgan fingerprint density at radius 3 is 2.76 bits per heavy atom. The molecule has 1 heterocycles. The zero-order valence-electron chi connectivity index (χ0n) is 10.5. The highest BCUT2D eigenvalue weighted by Gasteiger charge is 2.13. The molecular weight excluding hydrogens is 281 g/mol. The number of aromatic nitrogens is 1. The Balaban J connectivity index is 2.24. The van der Waals surface area contributed by atoms with Gasteiger partial charge < -0.3 is 10.7 Å². The number of nitro benzene ring substituents is 1. The molecule has 1 amide bonds. The number of nitrogen functional groups attached to an aromatic ring is 1. The second-order valence-corrected chi connectivity index (χ2v) is 3.96. The van der Waals surface area contributed by atoms with E-state index < -0.39 is 22.3 Å². The molecule has 0 bridgehead atoms. The third kappa shape index (κ3) is 3.48. The lowest BCUT2D eigenvalue weighted by Gasteiger charge is -2.06. The maximum atomic E-state index is 13.3. The predicted molar refractivity (Wildman–Crippen MR) is 73.1 cm³/mol. The molecule has 0 spiro atoms. The van der Waals surface area contributed by atoms with Gasteiger partial charge in [0.25, 0.3) is 11.6 Å². The molecule has 8 nitrogen and oxygen atoms in total. The number of benzene rings is 1. The van der Waals surface area contributed by atoms with Gasteiger partial charge in [-0.3, -0.25) is 14.9 Å². The van der Waals surface area contributed by atoms with Crippen LogP contribution in [0.15, 0.2) is 36.4 Å². The fraction of sp³-hybridized carbons (Fsp3) is 0. The highest BCUT2D eigenvalue weighted by molar-refractivity contribution is 6.03. The van der Waals surface area contributed by atoms with Crippen LogP contribution in [0.5, 0.6) is 0 Å². The van der Waals surface area contributed by atoms with E-state index in [9.17, 15) is 19.3 Å². The van der Waals surface area contributed by atoms with E-state index in [4.69, 9.17) is 5.84 Å². The first-order chi connectivity index (χ1) is 9.99. The fourth-order valence-electron chi connectivity index (χ4n) is 1.59. The number of hydrogen-bond donors (Lipinski definition) is 3. The van der Waals surface area contributed by atoms with E-state index in [1.807, 2.05) is 0 Å². The molecule has 2 aromatic rings. The summed E-state index contributed by atoms with van der Waals surface area (Å²) in [6, 6.07) is 7.29. The normalized spacial score (nSPS) is 10.0. The number of non-ortho nitro benzene ring substituents is 1. The first kappa shape index (κ1) is 14.3. The number of rotatable bonds is 4. The number of pyridine rings is 1. The van der Waals surface area contributed by atoms with Crippen LogP contribution < -0.4 is 16.6 Å². The lowest BCUT2D eigenvalue weighted by molar-refractivity contribution is -0.385. The highest BCUT2D eigenvalue weighted by atomic mass is 19.1. The van der Waals surface area contributed by atoms with Crippen LogP contribution in [0.1, 0.15) is 10.5 Å². The van der Waals surface area contributed by atoms with E-state index in [-0.39, 0.29) is 17.2 Å². The summed E-state index contributed by atoms with van der Waals surface area (Å²) >= 11 is 0. The predicted octanol–water partition coefficient (Wildman–Crippen LogP) is 1.67. The maximum absolute atomic E-state index is 13.3. The van der Waals surface area contributed by atoms with Gasteiger partial charge in [0, 0.05) is 6.07 Å². The third-order valence-electron chi connectivity index (χ3n) is 2.48. The molecule has 1 aromatic heterocycles. The summed E-state index contributed by atoms with van der Waals surface area (Å²) in [5.41, 5.74) is 1.80. The van der Waals surface area contributed by atoms with Gasteiger partial charge in [-0.2, -0.15) is 0 Å². The Kier molecular flexibility index (Phi) is 4.05. The molecule has 0 radical (unpaired) electrons. The number of anilines is 2. The maximum Gasteiger partial charge on any atom is 0.274 e. The first-order valence-corrected chi connectivity index (χ1v) is 5.69. The minimum atomic E-state index is -0.829. The molecule has 108 valence electrons. The smallest absolute Gasteiger partial charge is 0.274 e. The molecule has 0 unspecified atom stereocenters. The molecule has 0 saturated heterocycles. The van der Waals surface area contributed by atoms with E-state index in [2.05, 4.69) is 15.7 Å². The molecule has 4 N–H and O–H groups in total. The van der Waals surface area contributed by atoms with Crippen molar-refractivity contribution in [2.75, 3.05) is 10.7 Å². The molecule has 0 aliphatic rings. The molecule has 0 aliphatic heterocycles. The number of nitrogens with one attached hydrogen (secondary N) is 2. The number of hydrogen-bond acceptors (Lipinski definition) is 6. The second kappa shape index (κ2) is 5.92. The fourth-order valence-corrected chi connectivity index (χ4v) is 1.59. The summed E-state index contributed by atoms with van der Waals surface area (Å²) in [6.07, 6.45) is 0. The van der Waals surface area contributed by atoms with Crippen molar-refractivity contribution in [3.8, 4) is 0 Å². The quantitative estimate of drug-likeness (QED) is 0.447. The van der Waals surface area contributed by atoms with Crippen molar-refractivity contribution in [2.45, 2.75) is 0 Å². The number of nitro groups is 1. The summed E-state index contributed by atoms with van der Waals surface area (Å²) in [6.45, 7) is 0. The number of amides is 1. The highest BCUT2D eigenvalue weighted by Crippen LogP contribution is 2.20. The number of halogens is 1. The standard InChI is InChI=1S/C12H10FN5O3/c13-7-4-8(6-9(5-7)18(20)21)15-12(19)10-2-1-3-11(16-10)17-14/h1-6H,14H2,(H,15,19)(H,16,17). The van der Waals surface area contributed by atoms with Gasteiger partial charge in [-0.1, -0.05) is 6.07 Å². The van der Waals surface area contributed by atoms with Gasteiger partial charge in [0.05, 0.1) is 16.7 Å². The van der Waals surface area contributed by atoms with Crippen molar-refractivity contribution in [1.82, 2.24) is 4.98 Å². The zero-order chi connectivity index (χ0) is 15.4. The summed E-state index contributed by atoms with van der Waals surface area (Å²) in [5.74, 6) is 3.97. The van der Waals surface area contributed by atoms with E-state index >= 15 is 0 Å². The van der Waals surface area contributed by atoms with E-state index in [0.717, 1.165) is 18.2 Å². The molecular formula is C12H10FN5O3. The molecule has 0 saturated carbocycles. The first-order valence-electron chi connectivity index (χ1n) is 5.69. The van der Waals surface area contributed by atoms with Gasteiger partial charge in [0.2, 0.25) is 0 Å². The number of nitrogens with two attached hydrogens (primary N) is 1. The molecule has 21 heavy (non-hydrogen) atoms. The average Bonchev–Trinajstić information content (AvgIpc) is 2.46. The number of hydrazine groups is 1. The van der Waals surface area contributed by atoms with Crippen molar-refractivity contribution in [3.05, 3.63) is 58.0 Å². The minimum Gasteiger partial charge on any atom is -0.320 e. The van der Waals surface area contributed by atoms with Crippen molar-refractivity contribution < 1.29 is 14.1 Å². The number of carbonyl (C=O) groups is 1. The van der Waals surface area contributed by atoms with E-state index in [1.165, 1.54) is 6.07 Å². The van der Waals surface area contributed by atoms with Crippen LogP contribution in [0.2, 0.25) is 0 Å². The minimum absolute atomic E-state index is 0.0253. The summed E-state index contributed by atoms with van der Waals surface area (Å²) in [7, 11) is 0. The Labute approximate surface area is 117 Å². The molecule has 0 fully saturated rings. The summed E-state index contributed by atoms with van der Waals surface area (Å²) in [4.78, 5) is 25.7. The third-order valence-corrected chi connectivity index (χ3v) is 2.48. The van der Waals surface area contributed by atoms with Gasteiger partial charge in [-0.15, -0.1) is 0 Å². The van der Waals surface area contributed by atoms with Gasteiger partial charge in [-0.05, 0) is 18.2 Å². The van der Waals surface area contributed by atoms with Crippen LogP contribution in [0.4, 0.5) is 21.6 Å². The van der Waals surface area contributed by atoms with Gasteiger partial charge in [0.15, 0.2) is 0 Å². The van der Waals surface area contributed by atoms with Gasteiger partial charge in [-0.25, -0.2) is 15.2 Å². The second-order valence-electron chi connectivity index (χ2n) is 3.96. The average molecular weight is 291 g/mol. The Morgan fingerprint density at radius 1 is 1.33 bits per heavy atom. The van der Waals surface area contributed by atoms with Gasteiger partial charge >= 0.3 is 0 Å². The molecule has 0 atom stereocenters. The van der Waals surface area contributed by atoms with E-state index in [0.29, 0.717) is 0 Å². The van der Waals surface area contributed by atoms with Gasteiger partial charge in [0.1, 0.15) is 17.3 Å².